The topological polar surface area (TPSA) is 98.4 Å². The third-order valence-corrected chi connectivity index (χ3v) is 5.48. The number of ether oxygens (including phenoxy) is 1. The van der Waals surface area contributed by atoms with Crippen LogP contribution in [0.3, 0.4) is 0 Å². The Balaban J connectivity index is 1.59. The van der Waals surface area contributed by atoms with Gasteiger partial charge in [-0.2, -0.15) is 13.2 Å². The van der Waals surface area contributed by atoms with Crippen molar-refractivity contribution in [1.29, 1.82) is 0 Å². The molecular formula is C24H21F3N4O3. The molecule has 1 aromatic heterocycles. The standard InChI is InChI=1S/C24H21F3N4O3/c1-14(32)19-13-21(31-12-2-3-20(31)22(28)33)30-23(29-19)15-4-8-17(9-5-15)34-18-10-6-16(7-11-18)24(25,26)27/h4-11,13,20H,2-3,12H2,1H3,(H2,28,33)/t20-/m0/s1. The highest BCUT2D eigenvalue weighted by atomic mass is 19.4. The van der Waals surface area contributed by atoms with Crippen LogP contribution in [-0.2, 0) is 11.0 Å². The van der Waals surface area contributed by atoms with Crippen LogP contribution in [-0.4, -0.2) is 34.2 Å². The van der Waals surface area contributed by atoms with Gasteiger partial charge in [-0.1, -0.05) is 0 Å². The van der Waals surface area contributed by atoms with E-state index in [-0.39, 0.29) is 17.2 Å². The van der Waals surface area contributed by atoms with E-state index in [0.717, 1.165) is 18.6 Å². The number of amides is 1. The predicted molar refractivity (Wildman–Crippen MR) is 119 cm³/mol. The van der Waals surface area contributed by atoms with Crippen LogP contribution in [0, 0.1) is 0 Å². The molecule has 1 amide bonds. The van der Waals surface area contributed by atoms with Gasteiger partial charge in [0.25, 0.3) is 0 Å². The number of rotatable bonds is 6. The van der Waals surface area contributed by atoms with Gasteiger partial charge in [0.1, 0.15) is 29.1 Å². The van der Waals surface area contributed by atoms with Crippen molar-refractivity contribution in [3.8, 4) is 22.9 Å². The van der Waals surface area contributed by atoms with Crippen molar-refractivity contribution in [1.82, 2.24) is 9.97 Å². The minimum absolute atomic E-state index is 0.209. The number of alkyl halides is 3. The molecule has 176 valence electrons. The van der Waals surface area contributed by atoms with Crippen LogP contribution in [0.15, 0.2) is 54.6 Å². The largest absolute Gasteiger partial charge is 0.457 e. The van der Waals surface area contributed by atoms with E-state index in [1.54, 1.807) is 35.2 Å². The number of nitrogens with zero attached hydrogens (tertiary/aromatic N) is 3. The molecule has 34 heavy (non-hydrogen) atoms. The number of anilines is 1. The average Bonchev–Trinajstić information content (AvgIpc) is 3.29. The summed E-state index contributed by atoms with van der Waals surface area (Å²) in [6.45, 7) is 1.98. The summed E-state index contributed by atoms with van der Waals surface area (Å²) in [4.78, 5) is 34.6. The molecule has 7 nitrogen and oxygen atoms in total. The fraction of sp³-hybridized carbons (Fsp3) is 0.250. The molecule has 0 saturated carbocycles. The molecule has 2 heterocycles. The molecule has 1 saturated heterocycles. The Morgan fingerprint density at radius 3 is 2.21 bits per heavy atom. The van der Waals surface area contributed by atoms with Gasteiger partial charge >= 0.3 is 6.18 Å². The lowest BCUT2D eigenvalue weighted by Gasteiger charge is -2.24. The smallest absolute Gasteiger partial charge is 0.416 e. The fourth-order valence-corrected chi connectivity index (χ4v) is 3.75. The zero-order valence-corrected chi connectivity index (χ0v) is 18.2. The predicted octanol–water partition coefficient (Wildman–Crippen LogP) is 4.61. The first kappa shape index (κ1) is 23.2. The van der Waals surface area contributed by atoms with Gasteiger partial charge in [-0.15, -0.1) is 0 Å². The summed E-state index contributed by atoms with van der Waals surface area (Å²) < 4.78 is 43.8. The van der Waals surface area contributed by atoms with Crippen molar-refractivity contribution in [2.45, 2.75) is 32.0 Å². The maximum Gasteiger partial charge on any atom is 0.416 e. The summed E-state index contributed by atoms with van der Waals surface area (Å²) in [5.41, 5.74) is 5.57. The summed E-state index contributed by atoms with van der Waals surface area (Å²) in [6, 6.07) is 12.0. The monoisotopic (exact) mass is 470 g/mol. The molecule has 2 N–H and O–H groups in total. The second-order valence-corrected chi connectivity index (χ2v) is 7.89. The van der Waals surface area contributed by atoms with E-state index in [0.29, 0.717) is 35.9 Å². The molecule has 4 rings (SSSR count). The molecule has 1 aliphatic heterocycles. The Hall–Kier alpha value is -3.95. The maximum absolute atomic E-state index is 12.7. The van der Waals surface area contributed by atoms with Crippen LogP contribution >= 0.6 is 0 Å². The van der Waals surface area contributed by atoms with Crippen LogP contribution in [0.1, 0.15) is 35.8 Å². The van der Waals surface area contributed by atoms with Gasteiger partial charge in [0.05, 0.1) is 5.56 Å². The number of hydrogen-bond donors (Lipinski definition) is 1. The van der Waals surface area contributed by atoms with Gasteiger partial charge in [-0.3, -0.25) is 9.59 Å². The number of ketones is 1. The molecule has 1 fully saturated rings. The van der Waals surface area contributed by atoms with Gasteiger partial charge in [0, 0.05) is 25.1 Å². The lowest BCUT2D eigenvalue weighted by molar-refractivity contribution is -0.137. The highest BCUT2D eigenvalue weighted by molar-refractivity contribution is 5.93. The first-order chi connectivity index (χ1) is 16.1. The van der Waals surface area contributed by atoms with Crippen LogP contribution in [0.5, 0.6) is 11.5 Å². The highest BCUT2D eigenvalue weighted by Gasteiger charge is 2.31. The van der Waals surface area contributed by atoms with E-state index >= 15 is 0 Å². The Morgan fingerprint density at radius 1 is 1.03 bits per heavy atom. The molecule has 3 aromatic rings. The third kappa shape index (κ3) is 5.00. The summed E-state index contributed by atoms with van der Waals surface area (Å²) in [6.07, 6.45) is -3.03. The maximum atomic E-state index is 12.7. The Kier molecular flexibility index (Phi) is 6.23. The Morgan fingerprint density at radius 2 is 1.65 bits per heavy atom. The normalized spacial score (nSPS) is 15.9. The lowest BCUT2D eigenvalue weighted by atomic mass is 10.1. The van der Waals surface area contributed by atoms with E-state index < -0.39 is 23.7 Å². The van der Waals surface area contributed by atoms with E-state index in [1.807, 2.05) is 0 Å². The lowest BCUT2D eigenvalue weighted by Crippen LogP contribution is -2.40. The van der Waals surface area contributed by atoms with Crippen molar-refractivity contribution >= 4 is 17.5 Å². The first-order valence-corrected chi connectivity index (χ1v) is 10.5. The second-order valence-electron chi connectivity index (χ2n) is 7.89. The third-order valence-electron chi connectivity index (χ3n) is 5.48. The van der Waals surface area contributed by atoms with Crippen molar-refractivity contribution in [2.75, 3.05) is 11.4 Å². The molecule has 2 aromatic carbocycles. The van der Waals surface area contributed by atoms with Crippen LogP contribution in [0.4, 0.5) is 19.0 Å². The van der Waals surface area contributed by atoms with Crippen molar-refractivity contribution in [3.63, 3.8) is 0 Å². The van der Waals surface area contributed by atoms with Crippen LogP contribution in [0.25, 0.3) is 11.4 Å². The van der Waals surface area contributed by atoms with E-state index in [2.05, 4.69) is 9.97 Å². The number of nitrogens with two attached hydrogens (primary N) is 1. The average molecular weight is 470 g/mol. The summed E-state index contributed by atoms with van der Waals surface area (Å²) in [7, 11) is 0. The second kappa shape index (κ2) is 9.12. The number of halogens is 3. The number of benzene rings is 2. The van der Waals surface area contributed by atoms with E-state index in [4.69, 9.17) is 10.5 Å². The van der Waals surface area contributed by atoms with Crippen molar-refractivity contribution in [3.05, 3.63) is 65.9 Å². The summed E-state index contributed by atoms with van der Waals surface area (Å²) in [5, 5.41) is 0. The quantitative estimate of drug-likeness (QED) is 0.529. The Bertz CT molecular complexity index is 1210. The fourth-order valence-electron chi connectivity index (χ4n) is 3.75. The van der Waals surface area contributed by atoms with Gasteiger partial charge in [0.2, 0.25) is 5.91 Å². The molecule has 0 bridgehead atoms. The molecule has 1 aliphatic rings. The molecular weight excluding hydrogens is 449 g/mol. The van der Waals surface area contributed by atoms with Gasteiger partial charge in [-0.25, -0.2) is 9.97 Å². The van der Waals surface area contributed by atoms with Gasteiger partial charge in [-0.05, 0) is 61.4 Å². The summed E-state index contributed by atoms with van der Waals surface area (Å²) >= 11 is 0. The number of Topliss-reactive ketones (excluding diaryl/α,β-unsaturated/α-hetero) is 1. The van der Waals surface area contributed by atoms with Crippen LogP contribution < -0.4 is 15.4 Å². The van der Waals surface area contributed by atoms with Crippen molar-refractivity contribution < 1.29 is 27.5 Å². The van der Waals surface area contributed by atoms with E-state index in [1.165, 1.54) is 19.1 Å². The zero-order chi connectivity index (χ0) is 24.5. The van der Waals surface area contributed by atoms with Gasteiger partial charge in [0.15, 0.2) is 11.6 Å². The molecule has 0 aliphatic carbocycles. The molecule has 0 radical (unpaired) electrons. The summed E-state index contributed by atoms with van der Waals surface area (Å²) in [5.74, 6) is 0.693. The number of primary amides is 1. The molecule has 0 spiro atoms. The number of carbonyl (C=O) groups is 2. The first-order valence-electron chi connectivity index (χ1n) is 10.5. The molecule has 1 atom stereocenters. The minimum atomic E-state index is -4.42. The van der Waals surface area contributed by atoms with Gasteiger partial charge < -0.3 is 15.4 Å². The number of aromatic nitrogens is 2. The van der Waals surface area contributed by atoms with Crippen molar-refractivity contribution in [2.24, 2.45) is 5.73 Å². The van der Waals surface area contributed by atoms with Crippen LogP contribution in [0.2, 0.25) is 0 Å². The minimum Gasteiger partial charge on any atom is -0.457 e. The number of hydrogen-bond acceptors (Lipinski definition) is 6. The molecule has 0 unspecified atom stereocenters. The number of carbonyl (C=O) groups excluding carboxylic acids is 2. The SMILES string of the molecule is CC(=O)c1cc(N2CCC[C@H]2C(N)=O)nc(-c2ccc(Oc3ccc(C(F)(F)F)cc3)cc2)n1. The highest BCUT2D eigenvalue weighted by Crippen LogP contribution is 2.32. The Labute approximate surface area is 193 Å². The molecule has 10 heteroatoms. The zero-order valence-electron chi connectivity index (χ0n) is 18.2. The van der Waals surface area contributed by atoms with E-state index in [9.17, 15) is 22.8 Å².